The van der Waals surface area contributed by atoms with Crippen LogP contribution in [0.3, 0.4) is 0 Å². The SMILES string of the molecule is COc1cc2ncnc(-c3ccncc3)c2cc1O. The molecule has 0 fully saturated rings. The first-order chi connectivity index (χ1) is 9.29. The van der Waals surface area contributed by atoms with Gasteiger partial charge in [0.1, 0.15) is 6.33 Å². The molecule has 0 aliphatic carbocycles. The molecule has 0 aliphatic heterocycles. The van der Waals surface area contributed by atoms with E-state index in [1.165, 1.54) is 13.4 Å². The first-order valence-electron chi connectivity index (χ1n) is 5.71. The molecule has 0 unspecified atom stereocenters. The van der Waals surface area contributed by atoms with E-state index in [2.05, 4.69) is 15.0 Å². The zero-order valence-electron chi connectivity index (χ0n) is 10.2. The minimum atomic E-state index is 0.0695. The summed E-state index contributed by atoms with van der Waals surface area (Å²) in [7, 11) is 1.51. The molecule has 94 valence electrons. The molecule has 2 heterocycles. The molecule has 0 saturated heterocycles. The van der Waals surface area contributed by atoms with Crippen LogP contribution in [0.25, 0.3) is 22.2 Å². The van der Waals surface area contributed by atoms with Crippen molar-refractivity contribution in [3.8, 4) is 22.8 Å². The molecule has 3 aromatic rings. The molecule has 5 heteroatoms. The number of hydrogen-bond donors (Lipinski definition) is 1. The van der Waals surface area contributed by atoms with Crippen molar-refractivity contribution in [3.05, 3.63) is 43.0 Å². The molecule has 0 bridgehead atoms. The van der Waals surface area contributed by atoms with Gasteiger partial charge in [-0.3, -0.25) is 4.98 Å². The predicted molar refractivity (Wildman–Crippen MR) is 71.0 cm³/mol. The van der Waals surface area contributed by atoms with Crippen molar-refractivity contribution in [2.45, 2.75) is 0 Å². The highest BCUT2D eigenvalue weighted by molar-refractivity contribution is 5.94. The molecular weight excluding hydrogens is 242 g/mol. The number of aromatic nitrogens is 3. The molecule has 0 atom stereocenters. The lowest BCUT2D eigenvalue weighted by molar-refractivity contribution is 0.374. The molecular formula is C14H11N3O2. The number of fused-ring (bicyclic) bond motifs is 1. The highest BCUT2D eigenvalue weighted by atomic mass is 16.5. The van der Waals surface area contributed by atoms with Crippen molar-refractivity contribution in [1.29, 1.82) is 0 Å². The summed E-state index contributed by atoms with van der Waals surface area (Å²) in [4.78, 5) is 12.5. The van der Waals surface area contributed by atoms with Crippen molar-refractivity contribution in [2.24, 2.45) is 0 Å². The average Bonchev–Trinajstić information content (AvgIpc) is 2.47. The Morgan fingerprint density at radius 2 is 1.89 bits per heavy atom. The molecule has 0 radical (unpaired) electrons. The summed E-state index contributed by atoms with van der Waals surface area (Å²) in [6, 6.07) is 7.03. The number of nitrogens with zero attached hydrogens (tertiary/aromatic N) is 3. The van der Waals surface area contributed by atoms with E-state index in [1.54, 1.807) is 24.5 Å². The fourth-order valence-electron chi connectivity index (χ4n) is 1.98. The number of rotatable bonds is 2. The number of benzene rings is 1. The van der Waals surface area contributed by atoms with Gasteiger partial charge in [0.15, 0.2) is 11.5 Å². The zero-order chi connectivity index (χ0) is 13.2. The quantitative estimate of drug-likeness (QED) is 0.759. The third-order valence-corrected chi connectivity index (χ3v) is 2.89. The number of aromatic hydroxyl groups is 1. The van der Waals surface area contributed by atoms with Crippen LogP contribution < -0.4 is 4.74 Å². The van der Waals surface area contributed by atoms with E-state index in [9.17, 15) is 5.11 Å². The van der Waals surface area contributed by atoms with Crippen LogP contribution in [0.5, 0.6) is 11.5 Å². The number of hydrogen-bond acceptors (Lipinski definition) is 5. The normalized spacial score (nSPS) is 10.6. The Bertz CT molecular complexity index is 729. The monoisotopic (exact) mass is 253 g/mol. The van der Waals surface area contributed by atoms with E-state index in [0.29, 0.717) is 5.75 Å². The standard InChI is InChI=1S/C14H11N3O2/c1-19-13-7-11-10(6-12(13)18)14(17-8-16-11)9-2-4-15-5-3-9/h2-8,18H,1H3. The molecule has 19 heavy (non-hydrogen) atoms. The highest BCUT2D eigenvalue weighted by Gasteiger charge is 2.10. The van der Waals surface area contributed by atoms with Crippen LogP contribution in [0.4, 0.5) is 0 Å². The fourth-order valence-corrected chi connectivity index (χ4v) is 1.98. The van der Waals surface area contributed by atoms with E-state index in [0.717, 1.165) is 22.2 Å². The fraction of sp³-hybridized carbons (Fsp3) is 0.0714. The van der Waals surface area contributed by atoms with E-state index in [4.69, 9.17) is 4.74 Å². The van der Waals surface area contributed by atoms with Gasteiger partial charge in [0.25, 0.3) is 0 Å². The second-order valence-electron chi connectivity index (χ2n) is 4.00. The van der Waals surface area contributed by atoms with Gasteiger partial charge in [0.05, 0.1) is 18.3 Å². The smallest absolute Gasteiger partial charge is 0.162 e. The predicted octanol–water partition coefficient (Wildman–Crippen LogP) is 2.41. The van der Waals surface area contributed by atoms with Gasteiger partial charge in [-0.05, 0) is 18.2 Å². The molecule has 0 aliphatic rings. The van der Waals surface area contributed by atoms with Gasteiger partial charge in [-0.25, -0.2) is 9.97 Å². The summed E-state index contributed by atoms with van der Waals surface area (Å²) in [5.74, 6) is 0.465. The Kier molecular flexibility index (Phi) is 2.72. The van der Waals surface area contributed by atoms with Crippen molar-refractivity contribution in [1.82, 2.24) is 15.0 Å². The third kappa shape index (κ3) is 1.95. The molecule has 1 N–H and O–H groups in total. The van der Waals surface area contributed by atoms with Crippen LogP contribution in [0.1, 0.15) is 0 Å². The summed E-state index contributed by atoms with van der Waals surface area (Å²) < 4.78 is 5.08. The van der Waals surface area contributed by atoms with Crippen LogP contribution in [-0.2, 0) is 0 Å². The minimum absolute atomic E-state index is 0.0695. The first-order valence-corrected chi connectivity index (χ1v) is 5.71. The lowest BCUT2D eigenvalue weighted by Gasteiger charge is -2.08. The molecule has 1 aromatic carbocycles. The van der Waals surface area contributed by atoms with E-state index < -0.39 is 0 Å². The van der Waals surface area contributed by atoms with Gasteiger partial charge in [0, 0.05) is 29.4 Å². The molecule has 0 amide bonds. The summed E-state index contributed by atoms with van der Waals surface area (Å²) in [5, 5.41) is 10.7. The van der Waals surface area contributed by atoms with Crippen LogP contribution in [0.15, 0.2) is 43.0 Å². The van der Waals surface area contributed by atoms with Crippen molar-refractivity contribution in [3.63, 3.8) is 0 Å². The average molecular weight is 253 g/mol. The summed E-state index contributed by atoms with van der Waals surface area (Å²) >= 11 is 0. The summed E-state index contributed by atoms with van der Waals surface area (Å²) in [5.41, 5.74) is 2.40. The van der Waals surface area contributed by atoms with Crippen molar-refractivity contribution >= 4 is 10.9 Å². The largest absolute Gasteiger partial charge is 0.504 e. The van der Waals surface area contributed by atoms with Gasteiger partial charge in [0.2, 0.25) is 0 Å². The molecule has 3 rings (SSSR count). The maximum atomic E-state index is 9.89. The molecule has 5 nitrogen and oxygen atoms in total. The minimum Gasteiger partial charge on any atom is -0.504 e. The first kappa shape index (κ1) is 11.4. The lowest BCUT2D eigenvalue weighted by atomic mass is 10.1. The number of ether oxygens (including phenoxy) is 1. The second-order valence-corrected chi connectivity index (χ2v) is 4.00. The number of pyridine rings is 1. The number of methoxy groups -OCH3 is 1. The van der Waals surface area contributed by atoms with Gasteiger partial charge in [-0.1, -0.05) is 0 Å². The van der Waals surface area contributed by atoms with E-state index in [1.807, 2.05) is 12.1 Å². The molecule has 2 aromatic heterocycles. The number of phenols is 1. The Hall–Kier alpha value is -2.69. The Labute approximate surface area is 109 Å². The van der Waals surface area contributed by atoms with Crippen LogP contribution in [0, 0.1) is 0 Å². The maximum Gasteiger partial charge on any atom is 0.162 e. The lowest BCUT2D eigenvalue weighted by Crippen LogP contribution is -1.91. The second kappa shape index (κ2) is 4.53. The molecule has 0 spiro atoms. The van der Waals surface area contributed by atoms with E-state index >= 15 is 0 Å². The van der Waals surface area contributed by atoms with Crippen LogP contribution in [-0.4, -0.2) is 27.2 Å². The Morgan fingerprint density at radius 3 is 2.63 bits per heavy atom. The van der Waals surface area contributed by atoms with Crippen molar-refractivity contribution in [2.75, 3.05) is 7.11 Å². The van der Waals surface area contributed by atoms with Crippen molar-refractivity contribution < 1.29 is 9.84 Å². The van der Waals surface area contributed by atoms with Crippen LogP contribution in [0.2, 0.25) is 0 Å². The van der Waals surface area contributed by atoms with Gasteiger partial charge < -0.3 is 9.84 Å². The van der Waals surface area contributed by atoms with Gasteiger partial charge >= 0.3 is 0 Å². The summed E-state index contributed by atoms with van der Waals surface area (Å²) in [6.45, 7) is 0. The van der Waals surface area contributed by atoms with E-state index in [-0.39, 0.29) is 5.75 Å². The van der Waals surface area contributed by atoms with Gasteiger partial charge in [-0.15, -0.1) is 0 Å². The molecule has 0 saturated carbocycles. The van der Waals surface area contributed by atoms with Crippen LogP contribution >= 0.6 is 0 Å². The third-order valence-electron chi connectivity index (χ3n) is 2.89. The van der Waals surface area contributed by atoms with Gasteiger partial charge in [-0.2, -0.15) is 0 Å². The summed E-state index contributed by atoms with van der Waals surface area (Å²) in [6.07, 6.45) is 4.90. The highest BCUT2D eigenvalue weighted by Crippen LogP contribution is 2.33. The Morgan fingerprint density at radius 1 is 1.11 bits per heavy atom. The topological polar surface area (TPSA) is 68.1 Å². The Balaban J connectivity index is 2.30. The zero-order valence-corrected chi connectivity index (χ0v) is 10.2. The maximum absolute atomic E-state index is 9.89. The number of phenolic OH excluding ortho intramolecular Hbond substituents is 1.